The van der Waals surface area contributed by atoms with Crippen LogP contribution in [-0.2, 0) is 10.2 Å². The lowest BCUT2D eigenvalue weighted by Gasteiger charge is -2.26. The molecular weight excluding hydrogens is 458 g/mol. The number of likely N-dealkylation sites (tertiary alicyclic amines) is 1. The average molecular weight is 482 g/mol. The second-order valence-electron chi connectivity index (χ2n) is 8.87. The molecule has 170 valence electrons. The van der Waals surface area contributed by atoms with Crippen molar-refractivity contribution < 1.29 is 14.3 Å². The van der Waals surface area contributed by atoms with Crippen LogP contribution in [0.15, 0.2) is 48.7 Å². The number of carbonyl (C=O) groups excluding carboxylic acids is 1. The SMILES string of the molecule is O=C(Nc1ncc(C(c2cccc(Cl)c2)N2CCCC2)s1)C1(c2ccc3c(c2)OCO3)CC1. The van der Waals surface area contributed by atoms with Gasteiger partial charge in [0.15, 0.2) is 16.6 Å². The van der Waals surface area contributed by atoms with Gasteiger partial charge in [-0.2, -0.15) is 0 Å². The number of fused-ring (bicyclic) bond motifs is 1. The molecule has 8 heteroatoms. The standard InChI is InChI=1S/C25H24ClN3O3S/c26-18-5-3-4-16(12-18)22(29-10-1-2-11-29)21-14-27-24(33-21)28-23(30)25(8-9-25)17-6-7-19-20(13-17)32-15-31-19/h3-7,12-14,22H,1-2,8-11,15H2,(H,27,28,30). The highest BCUT2D eigenvalue weighted by Gasteiger charge is 2.52. The van der Waals surface area contributed by atoms with Gasteiger partial charge in [0, 0.05) is 16.1 Å². The molecule has 1 aromatic heterocycles. The Morgan fingerprint density at radius 3 is 2.73 bits per heavy atom. The maximum absolute atomic E-state index is 13.3. The van der Waals surface area contributed by atoms with Crippen LogP contribution < -0.4 is 14.8 Å². The number of hydrogen-bond donors (Lipinski definition) is 1. The minimum Gasteiger partial charge on any atom is -0.454 e. The summed E-state index contributed by atoms with van der Waals surface area (Å²) < 4.78 is 10.9. The summed E-state index contributed by atoms with van der Waals surface area (Å²) in [6.07, 6.45) is 5.91. The number of nitrogens with zero attached hydrogens (tertiary/aromatic N) is 2. The maximum atomic E-state index is 13.3. The van der Waals surface area contributed by atoms with E-state index >= 15 is 0 Å². The van der Waals surface area contributed by atoms with Gasteiger partial charge in [-0.05, 0) is 74.2 Å². The second kappa shape index (κ2) is 8.31. The van der Waals surface area contributed by atoms with Gasteiger partial charge in [0.2, 0.25) is 12.7 Å². The summed E-state index contributed by atoms with van der Waals surface area (Å²) in [5, 5.41) is 4.45. The van der Waals surface area contributed by atoms with Crippen LogP contribution in [0, 0.1) is 0 Å². The summed E-state index contributed by atoms with van der Waals surface area (Å²) in [5.74, 6) is 1.43. The molecular formula is C25H24ClN3O3S. The van der Waals surface area contributed by atoms with Gasteiger partial charge < -0.3 is 14.8 Å². The Morgan fingerprint density at radius 1 is 1.12 bits per heavy atom. The lowest BCUT2D eigenvalue weighted by Crippen LogP contribution is -2.27. The quantitative estimate of drug-likeness (QED) is 0.512. The molecule has 1 saturated heterocycles. The molecule has 2 aliphatic heterocycles. The number of benzene rings is 2. The number of amides is 1. The Bertz CT molecular complexity index is 1200. The van der Waals surface area contributed by atoms with Gasteiger partial charge in [-0.15, -0.1) is 0 Å². The smallest absolute Gasteiger partial charge is 0.236 e. The molecule has 33 heavy (non-hydrogen) atoms. The van der Waals surface area contributed by atoms with Crippen molar-refractivity contribution in [2.45, 2.75) is 37.1 Å². The van der Waals surface area contributed by atoms with Crippen molar-refractivity contribution in [3.63, 3.8) is 0 Å². The van der Waals surface area contributed by atoms with Crippen molar-refractivity contribution in [2.75, 3.05) is 25.2 Å². The molecule has 3 heterocycles. The first kappa shape index (κ1) is 21.0. The van der Waals surface area contributed by atoms with E-state index in [1.807, 2.05) is 42.6 Å². The second-order valence-corrected chi connectivity index (χ2v) is 10.4. The monoisotopic (exact) mass is 481 g/mol. The Kier molecular flexibility index (Phi) is 5.28. The predicted octanol–water partition coefficient (Wildman–Crippen LogP) is 5.38. The maximum Gasteiger partial charge on any atom is 0.236 e. The van der Waals surface area contributed by atoms with Crippen molar-refractivity contribution in [3.05, 3.63) is 69.7 Å². The molecule has 1 N–H and O–H groups in total. The van der Waals surface area contributed by atoms with Gasteiger partial charge in [0.1, 0.15) is 0 Å². The largest absolute Gasteiger partial charge is 0.454 e. The molecule has 0 radical (unpaired) electrons. The first-order chi connectivity index (χ1) is 16.1. The number of ether oxygens (including phenoxy) is 2. The average Bonchev–Trinajstić information content (AvgIpc) is 3.18. The molecule has 3 aromatic rings. The molecule has 6 rings (SSSR count). The van der Waals surface area contributed by atoms with E-state index in [4.69, 9.17) is 21.1 Å². The van der Waals surface area contributed by atoms with Gasteiger partial charge in [-0.1, -0.05) is 41.1 Å². The number of hydrogen-bond acceptors (Lipinski definition) is 6. The molecule has 6 nitrogen and oxygen atoms in total. The van der Waals surface area contributed by atoms with Crippen LogP contribution in [0.4, 0.5) is 5.13 Å². The number of carbonyl (C=O) groups is 1. The Morgan fingerprint density at radius 2 is 1.94 bits per heavy atom. The van der Waals surface area contributed by atoms with Crippen LogP contribution in [0.25, 0.3) is 0 Å². The molecule has 1 amide bonds. The van der Waals surface area contributed by atoms with Crippen LogP contribution in [-0.4, -0.2) is 35.7 Å². The third kappa shape index (κ3) is 3.88. The Hall–Kier alpha value is -2.61. The van der Waals surface area contributed by atoms with Gasteiger partial charge >= 0.3 is 0 Å². The zero-order chi connectivity index (χ0) is 22.4. The van der Waals surface area contributed by atoms with E-state index in [2.05, 4.69) is 21.3 Å². The molecule has 2 fully saturated rings. The Balaban J connectivity index is 1.24. The summed E-state index contributed by atoms with van der Waals surface area (Å²) >= 11 is 7.85. The number of nitrogens with one attached hydrogen (secondary N) is 1. The molecule has 3 aliphatic rings. The predicted molar refractivity (Wildman–Crippen MR) is 128 cm³/mol. The zero-order valence-corrected chi connectivity index (χ0v) is 19.6. The third-order valence-corrected chi connectivity index (χ3v) is 7.99. The minimum absolute atomic E-state index is 0.0113. The number of aromatic nitrogens is 1. The normalized spacial score (nSPS) is 19.4. The van der Waals surface area contributed by atoms with Crippen LogP contribution in [0.3, 0.4) is 0 Å². The highest BCUT2D eigenvalue weighted by atomic mass is 35.5. The number of anilines is 1. The fourth-order valence-corrected chi connectivity index (χ4v) is 6.06. The van der Waals surface area contributed by atoms with Crippen LogP contribution in [0.1, 0.15) is 47.7 Å². The van der Waals surface area contributed by atoms with E-state index < -0.39 is 5.41 Å². The molecule has 1 atom stereocenters. The van der Waals surface area contributed by atoms with Crippen LogP contribution >= 0.6 is 22.9 Å². The van der Waals surface area contributed by atoms with Crippen molar-refractivity contribution >= 4 is 34.0 Å². The fraction of sp³-hybridized carbons (Fsp3) is 0.360. The summed E-state index contributed by atoms with van der Waals surface area (Å²) in [5.41, 5.74) is 1.61. The highest BCUT2D eigenvalue weighted by molar-refractivity contribution is 7.15. The summed E-state index contributed by atoms with van der Waals surface area (Å²) in [7, 11) is 0. The molecule has 1 saturated carbocycles. The van der Waals surface area contributed by atoms with E-state index in [1.165, 1.54) is 12.8 Å². The first-order valence-electron chi connectivity index (χ1n) is 11.3. The molecule has 0 spiro atoms. The molecule has 0 bridgehead atoms. The lowest BCUT2D eigenvalue weighted by molar-refractivity contribution is -0.118. The van der Waals surface area contributed by atoms with Crippen molar-refractivity contribution in [1.29, 1.82) is 0 Å². The molecule has 2 aromatic carbocycles. The van der Waals surface area contributed by atoms with E-state index in [9.17, 15) is 4.79 Å². The topological polar surface area (TPSA) is 63.7 Å². The molecule has 1 unspecified atom stereocenters. The van der Waals surface area contributed by atoms with E-state index in [0.717, 1.165) is 52.7 Å². The van der Waals surface area contributed by atoms with Crippen molar-refractivity contribution in [3.8, 4) is 11.5 Å². The number of rotatable bonds is 6. The zero-order valence-electron chi connectivity index (χ0n) is 18.1. The lowest BCUT2D eigenvalue weighted by atomic mass is 9.94. The van der Waals surface area contributed by atoms with Crippen molar-refractivity contribution in [1.82, 2.24) is 9.88 Å². The van der Waals surface area contributed by atoms with E-state index in [1.54, 1.807) is 11.3 Å². The van der Waals surface area contributed by atoms with Gasteiger partial charge in [-0.3, -0.25) is 9.69 Å². The summed E-state index contributed by atoms with van der Waals surface area (Å²) in [6.45, 7) is 2.32. The summed E-state index contributed by atoms with van der Waals surface area (Å²) in [6, 6.07) is 13.9. The van der Waals surface area contributed by atoms with E-state index in [0.29, 0.717) is 10.9 Å². The summed E-state index contributed by atoms with van der Waals surface area (Å²) in [4.78, 5) is 21.5. The number of halogens is 1. The Labute approximate surface area is 201 Å². The van der Waals surface area contributed by atoms with Crippen LogP contribution in [0.2, 0.25) is 5.02 Å². The van der Waals surface area contributed by atoms with Crippen molar-refractivity contribution in [2.24, 2.45) is 0 Å². The highest BCUT2D eigenvalue weighted by Crippen LogP contribution is 2.51. The molecule has 1 aliphatic carbocycles. The van der Waals surface area contributed by atoms with Gasteiger partial charge in [0.25, 0.3) is 0 Å². The fourth-order valence-electron chi connectivity index (χ4n) is 4.89. The first-order valence-corrected chi connectivity index (χ1v) is 12.5. The third-order valence-electron chi connectivity index (χ3n) is 6.79. The van der Waals surface area contributed by atoms with E-state index in [-0.39, 0.29) is 18.7 Å². The van der Waals surface area contributed by atoms with Gasteiger partial charge in [0.05, 0.1) is 11.5 Å². The van der Waals surface area contributed by atoms with Crippen LogP contribution in [0.5, 0.6) is 11.5 Å². The number of thiazole rings is 1. The van der Waals surface area contributed by atoms with Gasteiger partial charge in [-0.25, -0.2) is 4.98 Å². The minimum atomic E-state index is -0.520.